The van der Waals surface area contributed by atoms with Gasteiger partial charge in [-0.1, -0.05) is 90.0 Å². The number of hydrogen-bond donors (Lipinski definition) is 1. The van der Waals surface area contributed by atoms with E-state index in [-0.39, 0.29) is 34.1 Å². The number of hydrogen-bond acceptors (Lipinski definition) is 4. The fourth-order valence-corrected chi connectivity index (χ4v) is 6.54. The predicted molar refractivity (Wildman–Crippen MR) is 176 cm³/mol. The quantitative estimate of drug-likeness (QED) is 0.200. The summed E-state index contributed by atoms with van der Waals surface area (Å²) in [6.07, 6.45) is 0.111. The predicted octanol–water partition coefficient (Wildman–Crippen LogP) is 6.54. The first-order chi connectivity index (χ1) is 21.3. The van der Waals surface area contributed by atoms with Gasteiger partial charge in [0.2, 0.25) is 11.8 Å². The molecule has 7 nitrogen and oxygen atoms in total. The van der Waals surface area contributed by atoms with Gasteiger partial charge in [-0.2, -0.15) is 0 Å². The van der Waals surface area contributed by atoms with E-state index in [4.69, 9.17) is 11.6 Å². The SMILES string of the molecule is Cc1ccc(S(=O)(=O)N(CC(=O)N(Cc2ccccc2F)C(Cc2ccccc2)C(=O)NC(C)(C)C)c2ccccc2Cl)cc1. The van der Waals surface area contributed by atoms with E-state index >= 15 is 4.39 Å². The number of benzene rings is 4. The second-order valence-corrected chi connectivity index (χ2v) is 14.1. The zero-order chi connectivity index (χ0) is 32.8. The van der Waals surface area contributed by atoms with Crippen LogP contribution in [0.3, 0.4) is 0 Å². The van der Waals surface area contributed by atoms with Crippen molar-refractivity contribution in [3.05, 3.63) is 131 Å². The first kappa shape index (κ1) is 33.7. The molecule has 2 amide bonds. The molecule has 45 heavy (non-hydrogen) atoms. The summed E-state index contributed by atoms with van der Waals surface area (Å²) < 4.78 is 44.2. The van der Waals surface area contributed by atoms with E-state index in [0.717, 1.165) is 15.4 Å². The van der Waals surface area contributed by atoms with Crippen LogP contribution in [0.15, 0.2) is 108 Å². The van der Waals surface area contributed by atoms with Crippen molar-refractivity contribution in [3.8, 4) is 0 Å². The molecule has 4 aromatic rings. The fourth-order valence-electron chi connectivity index (χ4n) is 4.82. The second kappa shape index (κ2) is 14.3. The average molecular weight is 650 g/mol. The Morgan fingerprint density at radius 1 is 0.867 bits per heavy atom. The molecule has 0 saturated heterocycles. The summed E-state index contributed by atoms with van der Waals surface area (Å²) >= 11 is 6.50. The molecule has 1 unspecified atom stereocenters. The molecule has 1 atom stereocenters. The van der Waals surface area contributed by atoms with Crippen molar-refractivity contribution in [2.45, 2.75) is 57.1 Å². The Kier molecular flexibility index (Phi) is 10.7. The van der Waals surface area contributed by atoms with E-state index in [1.807, 2.05) is 58.0 Å². The van der Waals surface area contributed by atoms with Gasteiger partial charge in [-0.05, 0) is 63.6 Å². The third kappa shape index (κ3) is 8.71. The summed E-state index contributed by atoms with van der Waals surface area (Å²) in [7, 11) is -4.31. The van der Waals surface area contributed by atoms with Gasteiger partial charge in [0.25, 0.3) is 10.0 Å². The van der Waals surface area contributed by atoms with Gasteiger partial charge in [0.05, 0.1) is 15.6 Å². The van der Waals surface area contributed by atoms with Crippen molar-refractivity contribution in [2.24, 2.45) is 0 Å². The van der Waals surface area contributed by atoms with Gasteiger partial charge in [-0.15, -0.1) is 0 Å². The maximum atomic E-state index is 15.0. The van der Waals surface area contributed by atoms with Crippen molar-refractivity contribution in [1.82, 2.24) is 10.2 Å². The number of anilines is 1. The van der Waals surface area contributed by atoms with Crippen LogP contribution >= 0.6 is 11.6 Å². The van der Waals surface area contributed by atoms with Crippen LogP contribution in [-0.4, -0.2) is 43.3 Å². The number of nitrogens with zero attached hydrogens (tertiary/aromatic N) is 2. The number of carbonyl (C=O) groups excluding carboxylic acids is 2. The Labute approximate surface area is 269 Å². The molecular formula is C35H37ClFN3O4S. The van der Waals surface area contributed by atoms with Gasteiger partial charge >= 0.3 is 0 Å². The van der Waals surface area contributed by atoms with Crippen LogP contribution in [0.1, 0.15) is 37.5 Å². The number of rotatable bonds is 11. The van der Waals surface area contributed by atoms with Crippen LogP contribution < -0.4 is 9.62 Å². The normalized spacial score (nSPS) is 12.3. The van der Waals surface area contributed by atoms with Crippen LogP contribution in [0, 0.1) is 12.7 Å². The van der Waals surface area contributed by atoms with E-state index in [9.17, 15) is 18.0 Å². The zero-order valence-corrected chi connectivity index (χ0v) is 27.3. The molecule has 4 aromatic carbocycles. The first-order valence-corrected chi connectivity index (χ1v) is 16.3. The van der Waals surface area contributed by atoms with Gasteiger partial charge in [-0.3, -0.25) is 13.9 Å². The highest BCUT2D eigenvalue weighted by atomic mass is 35.5. The van der Waals surface area contributed by atoms with Gasteiger partial charge in [0.15, 0.2) is 0 Å². The van der Waals surface area contributed by atoms with E-state index in [1.165, 1.54) is 47.4 Å². The largest absolute Gasteiger partial charge is 0.350 e. The van der Waals surface area contributed by atoms with Crippen LogP contribution in [0.25, 0.3) is 0 Å². The van der Waals surface area contributed by atoms with Crippen molar-refractivity contribution in [2.75, 3.05) is 10.8 Å². The van der Waals surface area contributed by atoms with Crippen LogP contribution in [-0.2, 0) is 32.6 Å². The Balaban J connectivity index is 1.84. The maximum absolute atomic E-state index is 15.0. The lowest BCUT2D eigenvalue weighted by molar-refractivity contribution is -0.140. The van der Waals surface area contributed by atoms with Crippen LogP contribution in [0.5, 0.6) is 0 Å². The summed E-state index contributed by atoms with van der Waals surface area (Å²) in [5.74, 6) is -1.72. The topological polar surface area (TPSA) is 86.8 Å². The van der Waals surface area contributed by atoms with E-state index in [1.54, 1.807) is 30.3 Å². The Morgan fingerprint density at radius 3 is 2.09 bits per heavy atom. The van der Waals surface area contributed by atoms with E-state index in [2.05, 4.69) is 5.32 Å². The molecule has 0 radical (unpaired) electrons. The molecule has 10 heteroatoms. The number of amides is 2. The van der Waals surface area contributed by atoms with Gasteiger partial charge in [0.1, 0.15) is 18.4 Å². The third-order valence-electron chi connectivity index (χ3n) is 7.08. The first-order valence-electron chi connectivity index (χ1n) is 14.5. The molecule has 0 aliphatic rings. The lowest BCUT2D eigenvalue weighted by atomic mass is 10.0. The summed E-state index contributed by atoms with van der Waals surface area (Å²) in [5, 5.41) is 3.07. The minimum atomic E-state index is -4.31. The van der Waals surface area contributed by atoms with Crippen molar-refractivity contribution < 1.29 is 22.4 Å². The molecule has 0 aliphatic carbocycles. The molecule has 0 spiro atoms. The highest BCUT2D eigenvalue weighted by Crippen LogP contribution is 2.31. The summed E-state index contributed by atoms with van der Waals surface area (Å²) in [5.41, 5.74) is 1.26. The average Bonchev–Trinajstić information content (AvgIpc) is 2.98. The molecule has 0 bridgehead atoms. The second-order valence-electron chi connectivity index (χ2n) is 11.8. The molecule has 1 N–H and O–H groups in total. The number of nitrogens with one attached hydrogen (secondary N) is 1. The molecule has 0 aromatic heterocycles. The number of aryl methyl sites for hydroxylation is 1. The summed E-state index contributed by atoms with van der Waals surface area (Å²) in [6.45, 7) is 6.33. The lowest BCUT2D eigenvalue weighted by Crippen LogP contribution is -2.56. The molecule has 0 saturated carbocycles. The standard InChI is InChI=1S/C35H37ClFN3O4S/c1-25-18-20-28(21-19-25)45(43,44)40(31-17-11-9-15-29(31)36)24-33(41)39(23-27-14-8-10-16-30(27)37)32(34(42)38-35(2,3)4)22-26-12-6-5-7-13-26/h5-21,32H,22-24H2,1-4H3,(H,38,42). The Bertz CT molecular complexity index is 1740. The van der Waals surface area contributed by atoms with Gasteiger partial charge < -0.3 is 10.2 Å². The number of carbonyl (C=O) groups is 2. The Hall–Kier alpha value is -4.21. The zero-order valence-electron chi connectivity index (χ0n) is 25.7. The van der Waals surface area contributed by atoms with Crippen molar-refractivity contribution >= 4 is 39.1 Å². The smallest absolute Gasteiger partial charge is 0.264 e. The number of halogens is 2. The minimum Gasteiger partial charge on any atom is -0.350 e. The molecule has 4 rings (SSSR count). The van der Waals surface area contributed by atoms with Gasteiger partial charge in [0, 0.05) is 24.1 Å². The monoisotopic (exact) mass is 649 g/mol. The maximum Gasteiger partial charge on any atom is 0.264 e. The molecule has 0 aliphatic heterocycles. The Morgan fingerprint density at radius 2 is 1.47 bits per heavy atom. The van der Waals surface area contributed by atoms with Crippen molar-refractivity contribution in [3.63, 3.8) is 0 Å². The molecular weight excluding hydrogens is 613 g/mol. The third-order valence-corrected chi connectivity index (χ3v) is 9.17. The number of sulfonamides is 1. The molecule has 0 fully saturated rings. The molecule has 0 heterocycles. The lowest BCUT2D eigenvalue weighted by Gasteiger charge is -2.35. The number of para-hydroxylation sites is 1. The minimum absolute atomic E-state index is 0.0345. The van der Waals surface area contributed by atoms with Crippen LogP contribution in [0.4, 0.5) is 10.1 Å². The summed E-state index contributed by atoms with van der Waals surface area (Å²) in [6, 6.07) is 26.6. The highest BCUT2D eigenvalue weighted by Gasteiger charge is 2.36. The van der Waals surface area contributed by atoms with Gasteiger partial charge in [-0.25, -0.2) is 12.8 Å². The van der Waals surface area contributed by atoms with E-state index < -0.39 is 45.8 Å². The molecule has 236 valence electrons. The van der Waals surface area contributed by atoms with Crippen molar-refractivity contribution in [1.29, 1.82) is 0 Å². The summed E-state index contributed by atoms with van der Waals surface area (Å²) in [4.78, 5) is 29.6. The fraction of sp³-hybridized carbons (Fsp3) is 0.257. The van der Waals surface area contributed by atoms with E-state index in [0.29, 0.717) is 0 Å². The highest BCUT2D eigenvalue weighted by molar-refractivity contribution is 7.92. The van der Waals surface area contributed by atoms with Crippen LogP contribution in [0.2, 0.25) is 5.02 Å².